The second-order valence-corrected chi connectivity index (χ2v) is 17.7. The van der Waals surface area contributed by atoms with Crippen LogP contribution in [0, 0.1) is 0 Å². The number of halogens is 1. The third-order valence-corrected chi connectivity index (χ3v) is 14.2. The Morgan fingerprint density at radius 3 is 1.54 bits per heavy atom. The van der Waals surface area contributed by atoms with Gasteiger partial charge in [0.15, 0.2) is 0 Å². The lowest BCUT2D eigenvalue weighted by molar-refractivity contribution is 0.0592. The predicted molar refractivity (Wildman–Crippen MR) is 250 cm³/mol. The minimum Gasteiger partial charge on any atom is -0.465 e. The third-order valence-electron chi connectivity index (χ3n) is 13.3. The van der Waals surface area contributed by atoms with E-state index in [1.54, 1.807) is 0 Å². The van der Waals surface area contributed by atoms with Crippen LogP contribution in [0.2, 0.25) is 0 Å². The van der Waals surface area contributed by atoms with Crippen molar-refractivity contribution >= 4 is 66.5 Å². The first-order valence-corrected chi connectivity index (χ1v) is 22.7. The molecule has 9 nitrogen and oxygen atoms in total. The summed E-state index contributed by atoms with van der Waals surface area (Å²) in [5, 5.41) is 3.79. The largest absolute Gasteiger partial charge is 0.465 e. The van der Waals surface area contributed by atoms with Gasteiger partial charge in [0, 0.05) is 59.2 Å². The number of aromatic amines is 1. The van der Waals surface area contributed by atoms with Crippen molar-refractivity contribution in [2.75, 3.05) is 21.3 Å². The molecule has 6 aromatic rings. The van der Waals surface area contributed by atoms with Crippen LogP contribution in [0.3, 0.4) is 0 Å². The number of methoxy groups -OCH3 is 3. The van der Waals surface area contributed by atoms with E-state index >= 15 is 0 Å². The standard InChI is InChI=1S/C17H20BrNO2.C17H21NO2.C16H19NO2.CH4/c1-19-14-10-12(17(20)21-2)8-9-13(14)15(16(19)18)11-6-4-3-5-7-11;1-18-11-15(12-6-4-3-5-7-12)14-9-8-13(10-16(14)18)17(19)20-2;1-19-16(18)12-7-8-13-14(10-17-15(13)9-12)11-5-3-2-4-6-11;/h8-11H,3-7H2,1-2H3;8-12H,3-7H2,1-2H3;7-11,17H,2-6H2,1H3;1H4. The van der Waals surface area contributed by atoms with Gasteiger partial charge in [-0.1, -0.05) is 83.4 Å². The van der Waals surface area contributed by atoms with E-state index in [0.717, 1.165) is 21.2 Å². The lowest BCUT2D eigenvalue weighted by Gasteiger charge is -2.22. The fraction of sp³-hybridized carbons (Fsp3) is 0.471. The van der Waals surface area contributed by atoms with Gasteiger partial charge < -0.3 is 28.3 Å². The van der Waals surface area contributed by atoms with E-state index in [-0.39, 0.29) is 25.3 Å². The topological polar surface area (TPSA) is 105 Å². The summed E-state index contributed by atoms with van der Waals surface area (Å²) in [6.45, 7) is 0. The summed E-state index contributed by atoms with van der Waals surface area (Å²) in [5.41, 5.74) is 9.33. The van der Waals surface area contributed by atoms with Crippen molar-refractivity contribution in [1.29, 1.82) is 0 Å². The number of ether oxygens (including phenoxy) is 3. The molecule has 0 spiro atoms. The average Bonchev–Trinajstić information content (AvgIpc) is 3.96. The van der Waals surface area contributed by atoms with Gasteiger partial charge in [0.1, 0.15) is 0 Å². The van der Waals surface area contributed by atoms with Crippen LogP contribution < -0.4 is 0 Å². The number of aryl methyl sites for hydroxylation is 2. The van der Waals surface area contributed by atoms with Gasteiger partial charge in [0.2, 0.25) is 0 Å². The van der Waals surface area contributed by atoms with E-state index < -0.39 is 0 Å². The fourth-order valence-electron chi connectivity index (χ4n) is 10.0. The first kappa shape index (κ1) is 45.7. The zero-order chi connectivity index (χ0) is 42.3. The van der Waals surface area contributed by atoms with Gasteiger partial charge in [-0.3, -0.25) is 0 Å². The van der Waals surface area contributed by atoms with Crippen LogP contribution >= 0.6 is 15.9 Å². The number of hydrogen-bond donors (Lipinski definition) is 1. The van der Waals surface area contributed by atoms with Crippen molar-refractivity contribution < 1.29 is 28.6 Å². The first-order chi connectivity index (χ1) is 29.1. The zero-order valence-electron chi connectivity index (χ0n) is 35.9. The van der Waals surface area contributed by atoms with Gasteiger partial charge in [0.05, 0.1) is 42.6 Å². The first-order valence-electron chi connectivity index (χ1n) is 21.9. The summed E-state index contributed by atoms with van der Waals surface area (Å²) in [5.74, 6) is 1.14. The SMILES string of the molecule is C.COC(=O)c1ccc2c(C3CCCCC3)c(Br)n(C)c2c1.COC(=O)c1ccc2c(C3CCCCC3)c[nH]c2c1.COC(=O)c1ccc2c(C3CCCCC3)cn(C)c2c1. The second-order valence-electron chi connectivity index (χ2n) is 16.9. The summed E-state index contributed by atoms with van der Waals surface area (Å²) in [6.07, 6.45) is 24.1. The number of carbonyl (C=O) groups is 3. The highest BCUT2D eigenvalue weighted by Gasteiger charge is 2.25. The van der Waals surface area contributed by atoms with E-state index in [1.807, 2.05) is 49.5 Å². The highest BCUT2D eigenvalue weighted by Crippen LogP contribution is 2.42. The summed E-state index contributed by atoms with van der Waals surface area (Å²) in [4.78, 5) is 38.2. The quantitative estimate of drug-likeness (QED) is 0.132. The molecule has 10 heteroatoms. The molecule has 3 aromatic heterocycles. The van der Waals surface area contributed by atoms with Crippen LogP contribution in [0.4, 0.5) is 0 Å². The molecule has 326 valence electrons. The number of carbonyl (C=O) groups excluding carboxylic acids is 3. The molecule has 61 heavy (non-hydrogen) atoms. The number of esters is 3. The molecule has 0 radical (unpaired) electrons. The third kappa shape index (κ3) is 9.95. The van der Waals surface area contributed by atoms with E-state index in [4.69, 9.17) is 14.2 Å². The molecule has 0 aliphatic heterocycles. The molecule has 3 aliphatic rings. The molecule has 1 N–H and O–H groups in total. The Balaban J connectivity index is 0.000000152. The minimum absolute atomic E-state index is 0. The van der Waals surface area contributed by atoms with E-state index in [9.17, 15) is 14.4 Å². The normalized spacial score (nSPS) is 16.2. The minimum atomic E-state index is -0.284. The number of nitrogens with zero attached hydrogens (tertiary/aromatic N) is 2. The number of aromatic nitrogens is 3. The molecule has 9 rings (SSSR count). The number of hydrogen-bond acceptors (Lipinski definition) is 6. The van der Waals surface area contributed by atoms with Gasteiger partial charge in [0.25, 0.3) is 0 Å². The summed E-state index contributed by atoms with van der Waals surface area (Å²) in [6, 6.07) is 17.5. The Labute approximate surface area is 369 Å². The maximum Gasteiger partial charge on any atom is 0.337 e. The Kier molecular flexibility index (Phi) is 15.6. The van der Waals surface area contributed by atoms with Crippen molar-refractivity contribution in [2.45, 2.75) is 121 Å². The molecule has 0 bridgehead atoms. The molecule has 3 aliphatic carbocycles. The van der Waals surface area contributed by atoms with Crippen molar-refractivity contribution in [3.63, 3.8) is 0 Å². The molecule has 0 unspecified atom stereocenters. The Morgan fingerprint density at radius 1 is 0.574 bits per heavy atom. The smallest absolute Gasteiger partial charge is 0.337 e. The van der Waals surface area contributed by atoms with E-state index in [2.05, 4.69) is 61.6 Å². The van der Waals surface area contributed by atoms with Crippen LogP contribution in [0.25, 0.3) is 32.7 Å². The van der Waals surface area contributed by atoms with Crippen molar-refractivity contribution in [3.05, 3.63) is 105 Å². The predicted octanol–water partition coefficient (Wildman–Crippen LogP) is 13.4. The highest BCUT2D eigenvalue weighted by molar-refractivity contribution is 9.10. The molecular weight excluding hydrogens is 830 g/mol. The maximum atomic E-state index is 11.7. The summed E-state index contributed by atoms with van der Waals surface area (Å²) < 4.78 is 19.8. The summed E-state index contributed by atoms with van der Waals surface area (Å²) >= 11 is 3.75. The lowest BCUT2D eigenvalue weighted by atomic mass is 9.84. The van der Waals surface area contributed by atoms with Crippen LogP contribution in [0.1, 0.15) is 169 Å². The summed E-state index contributed by atoms with van der Waals surface area (Å²) in [7, 11) is 8.34. The molecule has 3 saturated carbocycles. The number of H-pyrrole nitrogens is 1. The van der Waals surface area contributed by atoms with Crippen LogP contribution in [0.5, 0.6) is 0 Å². The second kappa shape index (κ2) is 20.8. The van der Waals surface area contributed by atoms with Crippen LogP contribution in [-0.4, -0.2) is 53.4 Å². The molecule has 0 amide bonds. The number of rotatable bonds is 6. The average molecular weight is 895 g/mol. The van der Waals surface area contributed by atoms with E-state index in [0.29, 0.717) is 34.4 Å². The fourth-order valence-corrected chi connectivity index (χ4v) is 10.7. The molecule has 0 atom stereocenters. The molecule has 0 saturated heterocycles. The number of fused-ring (bicyclic) bond motifs is 3. The zero-order valence-corrected chi connectivity index (χ0v) is 37.5. The molecule has 3 fully saturated rings. The van der Waals surface area contributed by atoms with Gasteiger partial charge in [-0.25, -0.2) is 14.4 Å². The van der Waals surface area contributed by atoms with Crippen molar-refractivity contribution in [3.8, 4) is 0 Å². The maximum absolute atomic E-state index is 11.7. The molecule has 3 aromatic carbocycles. The van der Waals surface area contributed by atoms with Gasteiger partial charge in [-0.2, -0.15) is 0 Å². The lowest BCUT2D eigenvalue weighted by Crippen LogP contribution is -2.05. The Hall–Kier alpha value is -4.83. The molecular formula is C51H64BrN3O6. The molecule has 3 heterocycles. The van der Waals surface area contributed by atoms with Gasteiger partial charge in [-0.05, 0) is 125 Å². The van der Waals surface area contributed by atoms with Gasteiger partial charge in [-0.15, -0.1) is 0 Å². The van der Waals surface area contributed by atoms with Crippen molar-refractivity contribution in [2.24, 2.45) is 14.1 Å². The van der Waals surface area contributed by atoms with E-state index in [1.165, 1.54) is 150 Å². The van der Waals surface area contributed by atoms with Crippen LogP contribution in [-0.2, 0) is 28.3 Å². The Morgan fingerprint density at radius 2 is 1.02 bits per heavy atom. The number of nitrogens with one attached hydrogen (secondary N) is 1. The number of benzene rings is 3. The highest BCUT2D eigenvalue weighted by atomic mass is 79.9. The van der Waals surface area contributed by atoms with Crippen LogP contribution in [0.15, 0.2) is 71.6 Å². The van der Waals surface area contributed by atoms with Gasteiger partial charge >= 0.3 is 17.9 Å². The Bertz CT molecular complexity index is 2460. The monoisotopic (exact) mass is 893 g/mol. The van der Waals surface area contributed by atoms with Crippen molar-refractivity contribution in [1.82, 2.24) is 14.1 Å².